The van der Waals surface area contributed by atoms with Crippen LogP contribution in [0.15, 0.2) is 54.6 Å². The number of aromatic nitrogens is 2. The molecule has 5 rings (SSSR count). The van der Waals surface area contributed by atoms with Crippen LogP contribution < -0.4 is 15.4 Å². The molecule has 3 aromatic rings. The smallest absolute Gasteiger partial charge is 0.325 e. The van der Waals surface area contributed by atoms with Crippen LogP contribution in [-0.2, 0) is 15.1 Å². The molecule has 0 bridgehead atoms. The van der Waals surface area contributed by atoms with E-state index in [-0.39, 0.29) is 6.61 Å². The lowest BCUT2D eigenvalue weighted by molar-refractivity contribution is -0.135. The Morgan fingerprint density at radius 3 is 2.70 bits per heavy atom. The lowest BCUT2D eigenvalue weighted by Crippen LogP contribution is -2.48. The number of aryl methyl sites for hydroxylation is 2. The van der Waals surface area contributed by atoms with Crippen LogP contribution in [0.25, 0.3) is 5.69 Å². The number of para-hydroxylation sites is 1. The molecule has 33 heavy (non-hydrogen) atoms. The molecule has 1 saturated heterocycles. The van der Waals surface area contributed by atoms with E-state index in [0.29, 0.717) is 23.6 Å². The number of imide groups is 1. The van der Waals surface area contributed by atoms with Gasteiger partial charge in [-0.2, -0.15) is 5.10 Å². The molecule has 168 valence electrons. The van der Waals surface area contributed by atoms with Crippen LogP contribution in [-0.4, -0.2) is 45.7 Å². The highest BCUT2D eigenvalue weighted by molar-refractivity contribution is 6.10. The number of fused-ring (bicyclic) bond motifs is 2. The monoisotopic (exact) mass is 445 g/mol. The first-order chi connectivity index (χ1) is 15.9. The molecule has 4 amide bonds. The summed E-state index contributed by atoms with van der Waals surface area (Å²) in [7, 11) is 0. The van der Waals surface area contributed by atoms with Gasteiger partial charge in [-0.15, -0.1) is 0 Å². The predicted molar refractivity (Wildman–Crippen MR) is 120 cm³/mol. The third-order valence-electron chi connectivity index (χ3n) is 5.94. The van der Waals surface area contributed by atoms with Crippen LogP contribution in [0, 0.1) is 13.8 Å². The van der Waals surface area contributed by atoms with E-state index < -0.39 is 29.9 Å². The quantitative estimate of drug-likeness (QED) is 0.601. The van der Waals surface area contributed by atoms with Gasteiger partial charge in [-0.3, -0.25) is 14.5 Å². The molecule has 3 heterocycles. The third kappa shape index (κ3) is 3.51. The summed E-state index contributed by atoms with van der Waals surface area (Å²) in [6.45, 7) is 3.69. The molecule has 1 fully saturated rings. The number of carbonyl (C=O) groups is 3. The summed E-state index contributed by atoms with van der Waals surface area (Å²) < 4.78 is 7.26. The summed E-state index contributed by atoms with van der Waals surface area (Å²) in [5, 5.41) is 10.0. The van der Waals surface area contributed by atoms with Gasteiger partial charge in [-0.25, -0.2) is 9.48 Å². The Morgan fingerprint density at radius 2 is 1.91 bits per heavy atom. The summed E-state index contributed by atoms with van der Waals surface area (Å²) in [6.07, 6.45) is 0.298. The molecule has 1 unspecified atom stereocenters. The minimum absolute atomic E-state index is 0.290. The lowest BCUT2D eigenvalue weighted by atomic mass is 9.84. The van der Waals surface area contributed by atoms with Gasteiger partial charge in [0, 0.05) is 18.1 Å². The highest BCUT2D eigenvalue weighted by atomic mass is 16.5. The second kappa shape index (κ2) is 7.77. The van der Waals surface area contributed by atoms with Crippen LogP contribution in [0.4, 0.5) is 10.6 Å². The van der Waals surface area contributed by atoms with Gasteiger partial charge in [0.1, 0.15) is 18.1 Å². The van der Waals surface area contributed by atoms with Crippen molar-refractivity contribution in [3.05, 3.63) is 71.4 Å². The van der Waals surface area contributed by atoms with Crippen LogP contribution >= 0.6 is 0 Å². The number of carbonyl (C=O) groups excluding carboxylic acids is 3. The number of benzene rings is 2. The Balaban J connectivity index is 1.36. The molecule has 1 spiro atoms. The van der Waals surface area contributed by atoms with E-state index in [2.05, 4.69) is 15.7 Å². The Kier molecular flexibility index (Phi) is 4.88. The normalized spacial score (nSPS) is 19.3. The van der Waals surface area contributed by atoms with Crippen molar-refractivity contribution in [2.75, 3.05) is 18.5 Å². The van der Waals surface area contributed by atoms with Gasteiger partial charge in [0.2, 0.25) is 5.91 Å². The molecular weight excluding hydrogens is 422 g/mol. The van der Waals surface area contributed by atoms with E-state index in [4.69, 9.17) is 4.74 Å². The van der Waals surface area contributed by atoms with Gasteiger partial charge >= 0.3 is 6.03 Å². The number of hydrogen-bond donors (Lipinski definition) is 2. The van der Waals surface area contributed by atoms with Gasteiger partial charge in [0.25, 0.3) is 5.91 Å². The maximum atomic E-state index is 13.4. The van der Waals surface area contributed by atoms with Gasteiger partial charge in [-0.05, 0) is 32.0 Å². The third-order valence-corrected chi connectivity index (χ3v) is 5.94. The second-order valence-electron chi connectivity index (χ2n) is 8.29. The first kappa shape index (κ1) is 20.7. The van der Waals surface area contributed by atoms with Gasteiger partial charge in [0.05, 0.1) is 18.0 Å². The molecule has 2 aliphatic heterocycles. The molecular formula is C24H23N5O4. The molecule has 0 aliphatic carbocycles. The minimum Gasteiger partial charge on any atom is -0.493 e. The van der Waals surface area contributed by atoms with Crippen molar-refractivity contribution >= 4 is 23.7 Å². The van der Waals surface area contributed by atoms with Gasteiger partial charge in [0.15, 0.2) is 5.54 Å². The first-order valence-corrected chi connectivity index (χ1v) is 10.7. The maximum absolute atomic E-state index is 13.4. The van der Waals surface area contributed by atoms with Crippen molar-refractivity contribution in [3.8, 4) is 11.4 Å². The highest BCUT2D eigenvalue weighted by Gasteiger charge is 2.55. The summed E-state index contributed by atoms with van der Waals surface area (Å²) in [4.78, 5) is 39.9. The number of urea groups is 1. The fraction of sp³-hybridized carbons (Fsp3) is 0.250. The van der Waals surface area contributed by atoms with Crippen molar-refractivity contribution in [1.29, 1.82) is 0 Å². The van der Waals surface area contributed by atoms with Crippen LogP contribution in [0.3, 0.4) is 0 Å². The van der Waals surface area contributed by atoms with Gasteiger partial charge < -0.3 is 15.4 Å². The number of hydrogen-bond acceptors (Lipinski definition) is 5. The Morgan fingerprint density at radius 1 is 1.15 bits per heavy atom. The summed E-state index contributed by atoms with van der Waals surface area (Å²) in [6, 6.07) is 16.0. The topological polar surface area (TPSA) is 106 Å². The zero-order valence-electron chi connectivity index (χ0n) is 18.3. The standard InChI is InChI=1S/C24H23N5O4/c1-15-7-9-17(10-8-15)29-20(13-16(2)27-29)25-21(30)14-28-22(31)24(26-23(28)32)11-12-33-19-6-4-3-5-18(19)24/h3-10,13H,11-12,14H2,1-2H3,(H,25,30)(H,26,32). The van der Waals surface area contributed by atoms with Crippen molar-refractivity contribution < 1.29 is 19.1 Å². The summed E-state index contributed by atoms with van der Waals surface area (Å²) in [5.41, 5.74) is 2.00. The number of nitrogens with one attached hydrogen (secondary N) is 2. The van der Waals surface area contributed by atoms with Gasteiger partial charge in [-0.1, -0.05) is 35.9 Å². The van der Waals surface area contributed by atoms with Crippen LogP contribution in [0.5, 0.6) is 5.75 Å². The van der Waals surface area contributed by atoms with Crippen molar-refractivity contribution in [2.45, 2.75) is 25.8 Å². The highest BCUT2D eigenvalue weighted by Crippen LogP contribution is 2.40. The van der Waals surface area contributed by atoms with Crippen LogP contribution in [0.2, 0.25) is 0 Å². The number of rotatable bonds is 4. The van der Waals surface area contributed by atoms with Crippen molar-refractivity contribution in [3.63, 3.8) is 0 Å². The fourth-order valence-corrected chi connectivity index (χ4v) is 4.31. The summed E-state index contributed by atoms with van der Waals surface area (Å²) in [5.74, 6) is 0.0616. The van der Waals surface area contributed by atoms with E-state index in [9.17, 15) is 14.4 Å². The zero-order valence-corrected chi connectivity index (χ0v) is 18.3. The molecule has 1 aromatic heterocycles. The molecule has 9 heteroatoms. The number of amides is 4. The minimum atomic E-state index is -1.22. The first-order valence-electron chi connectivity index (χ1n) is 10.7. The second-order valence-corrected chi connectivity index (χ2v) is 8.29. The SMILES string of the molecule is Cc1ccc(-n2nc(C)cc2NC(=O)CN2C(=O)NC3(CCOc4ccccc43)C2=O)cc1. The summed E-state index contributed by atoms with van der Waals surface area (Å²) >= 11 is 0. The average Bonchev–Trinajstić information content (AvgIpc) is 3.27. The van der Waals surface area contributed by atoms with Crippen molar-refractivity contribution in [2.24, 2.45) is 0 Å². The maximum Gasteiger partial charge on any atom is 0.325 e. The Bertz CT molecular complexity index is 1270. The number of ether oxygens (including phenoxy) is 1. The molecule has 2 aromatic carbocycles. The zero-order chi connectivity index (χ0) is 23.2. The van der Waals surface area contributed by atoms with Crippen LogP contribution in [0.1, 0.15) is 23.2 Å². The average molecular weight is 445 g/mol. The molecule has 0 saturated carbocycles. The number of nitrogens with zero attached hydrogens (tertiary/aromatic N) is 3. The lowest BCUT2D eigenvalue weighted by Gasteiger charge is -2.33. The Hall–Kier alpha value is -4.14. The fourth-order valence-electron chi connectivity index (χ4n) is 4.31. The molecule has 2 aliphatic rings. The molecule has 1 atom stereocenters. The number of anilines is 1. The van der Waals surface area contributed by atoms with E-state index in [1.165, 1.54) is 0 Å². The predicted octanol–water partition coefficient (Wildman–Crippen LogP) is 2.66. The molecule has 9 nitrogen and oxygen atoms in total. The van der Waals surface area contributed by atoms with E-state index in [1.807, 2.05) is 44.2 Å². The van der Waals surface area contributed by atoms with E-state index in [0.717, 1.165) is 21.8 Å². The van der Waals surface area contributed by atoms with E-state index in [1.54, 1.807) is 28.9 Å². The molecule has 0 radical (unpaired) electrons. The largest absolute Gasteiger partial charge is 0.493 e. The molecule has 2 N–H and O–H groups in total. The van der Waals surface area contributed by atoms with E-state index >= 15 is 0 Å². The Labute approximate surface area is 190 Å². The van der Waals surface area contributed by atoms with Crippen molar-refractivity contribution in [1.82, 2.24) is 20.0 Å².